The zero-order chi connectivity index (χ0) is 16.9. The van der Waals surface area contributed by atoms with Crippen LogP contribution >= 0.6 is 12.4 Å². The number of benzene rings is 1. The van der Waals surface area contributed by atoms with Crippen LogP contribution in [0.2, 0.25) is 0 Å². The van der Waals surface area contributed by atoms with Crippen molar-refractivity contribution in [2.45, 2.75) is 25.7 Å². The van der Waals surface area contributed by atoms with Crippen molar-refractivity contribution in [2.24, 2.45) is 5.92 Å². The first kappa shape index (κ1) is 18.8. The van der Waals surface area contributed by atoms with Crippen molar-refractivity contribution in [3.63, 3.8) is 0 Å². The normalized spacial score (nSPS) is 20.7. The Morgan fingerprint density at radius 3 is 2.50 bits per heavy atom. The van der Waals surface area contributed by atoms with Crippen molar-refractivity contribution >= 4 is 23.6 Å². The molecule has 0 amide bonds. The van der Waals surface area contributed by atoms with Gasteiger partial charge in [0.1, 0.15) is 6.33 Å². The molecule has 2 aromatic rings. The topological polar surface area (TPSA) is 29.0 Å². The van der Waals surface area contributed by atoms with Crippen molar-refractivity contribution in [1.29, 1.82) is 0 Å². The molecule has 0 bridgehead atoms. The van der Waals surface area contributed by atoms with Crippen LogP contribution < -0.4 is 0 Å². The molecule has 1 aromatic carbocycles. The monoisotopic (exact) mass is 367 g/mol. The molecule has 1 atom stereocenters. The molecule has 0 spiro atoms. The summed E-state index contributed by atoms with van der Waals surface area (Å²) in [5.41, 5.74) is 5.50. The maximum absolute atomic E-state index is 4.17. The summed E-state index contributed by atoms with van der Waals surface area (Å²) < 4.78 is 0. The molecule has 0 N–H and O–H groups in total. The number of hydrogen-bond donors (Lipinski definition) is 0. The molecule has 4 heteroatoms. The first-order valence-electron chi connectivity index (χ1n) is 9.31. The highest BCUT2D eigenvalue weighted by Crippen LogP contribution is 2.30. The SMILES string of the molecule is C1=C(c2cncnc2)CCC[C@H]1CN1CC=C(c2ccccc2)CC1.Cl. The number of hydrogen-bond acceptors (Lipinski definition) is 3. The van der Waals surface area contributed by atoms with Crippen LogP contribution in [0.15, 0.2) is 61.2 Å². The van der Waals surface area contributed by atoms with Crippen LogP contribution in [0.25, 0.3) is 11.1 Å². The van der Waals surface area contributed by atoms with Gasteiger partial charge in [0.2, 0.25) is 0 Å². The Bertz CT molecular complexity index is 755. The average Bonchev–Trinajstić information content (AvgIpc) is 2.70. The number of halogens is 1. The minimum atomic E-state index is 0. The van der Waals surface area contributed by atoms with E-state index in [-0.39, 0.29) is 12.4 Å². The van der Waals surface area contributed by atoms with E-state index in [0.29, 0.717) is 5.92 Å². The van der Waals surface area contributed by atoms with Crippen molar-refractivity contribution in [1.82, 2.24) is 14.9 Å². The smallest absolute Gasteiger partial charge is 0.115 e. The molecule has 2 heterocycles. The summed E-state index contributed by atoms with van der Waals surface area (Å²) in [6, 6.07) is 10.8. The van der Waals surface area contributed by atoms with E-state index in [2.05, 4.69) is 57.4 Å². The van der Waals surface area contributed by atoms with Gasteiger partial charge in [0.25, 0.3) is 0 Å². The van der Waals surface area contributed by atoms with E-state index in [1.165, 1.54) is 35.1 Å². The molecule has 4 rings (SSSR count). The molecule has 1 aliphatic carbocycles. The van der Waals surface area contributed by atoms with Gasteiger partial charge in [-0.2, -0.15) is 0 Å². The van der Waals surface area contributed by atoms with Crippen LogP contribution in [-0.2, 0) is 0 Å². The van der Waals surface area contributed by atoms with Gasteiger partial charge < -0.3 is 0 Å². The Kier molecular flexibility index (Phi) is 6.59. The molecule has 136 valence electrons. The molecule has 0 saturated heterocycles. The first-order chi connectivity index (χ1) is 12.4. The minimum absolute atomic E-state index is 0. The summed E-state index contributed by atoms with van der Waals surface area (Å²) >= 11 is 0. The van der Waals surface area contributed by atoms with E-state index in [0.717, 1.165) is 32.5 Å². The third kappa shape index (κ3) is 4.60. The minimum Gasteiger partial charge on any atom is -0.299 e. The number of aromatic nitrogens is 2. The van der Waals surface area contributed by atoms with Crippen LogP contribution in [0.5, 0.6) is 0 Å². The van der Waals surface area contributed by atoms with E-state index in [1.807, 2.05) is 12.4 Å². The van der Waals surface area contributed by atoms with E-state index in [9.17, 15) is 0 Å². The lowest BCUT2D eigenvalue weighted by Gasteiger charge is -2.31. The molecular formula is C22H26ClN3. The van der Waals surface area contributed by atoms with Gasteiger partial charge in [0.05, 0.1) is 0 Å². The quantitative estimate of drug-likeness (QED) is 0.771. The third-order valence-corrected chi connectivity index (χ3v) is 5.32. The lowest BCUT2D eigenvalue weighted by atomic mass is 9.87. The van der Waals surface area contributed by atoms with Crippen LogP contribution in [0.1, 0.15) is 36.8 Å². The van der Waals surface area contributed by atoms with Crippen molar-refractivity contribution < 1.29 is 0 Å². The zero-order valence-corrected chi connectivity index (χ0v) is 15.9. The highest BCUT2D eigenvalue weighted by molar-refractivity contribution is 5.85. The Morgan fingerprint density at radius 2 is 1.77 bits per heavy atom. The summed E-state index contributed by atoms with van der Waals surface area (Å²) in [6.07, 6.45) is 15.2. The molecule has 1 aliphatic heterocycles. The van der Waals surface area contributed by atoms with Gasteiger partial charge in [-0.05, 0) is 48.3 Å². The molecule has 1 aromatic heterocycles. The standard InChI is InChI=1S/C22H25N3.ClH/c1-2-6-19(7-3-1)20-9-11-25(12-10-20)16-18-5-4-8-21(13-18)22-14-23-17-24-15-22;/h1-3,6-7,9,13-15,17-18H,4-5,8,10-12,16H2;1H/t18-;/m1./s1. The largest absolute Gasteiger partial charge is 0.299 e. The van der Waals surface area contributed by atoms with Gasteiger partial charge in [-0.3, -0.25) is 4.90 Å². The summed E-state index contributed by atoms with van der Waals surface area (Å²) in [5.74, 6) is 0.649. The van der Waals surface area contributed by atoms with Crippen molar-refractivity contribution in [3.8, 4) is 0 Å². The summed E-state index contributed by atoms with van der Waals surface area (Å²) in [4.78, 5) is 10.9. The molecule has 0 unspecified atom stereocenters. The van der Waals surface area contributed by atoms with Crippen LogP contribution in [0.3, 0.4) is 0 Å². The van der Waals surface area contributed by atoms with E-state index < -0.39 is 0 Å². The highest BCUT2D eigenvalue weighted by atomic mass is 35.5. The second-order valence-electron chi connectivity index (χ2n) is 7.08. The Hall–Kier alpha value is -1.97. The fourth-order valence-corrected chi connectivity index (χ4v) is 3.98. The molecule has 0 saturated carbocycles. The van der Waals surface area contributed by atoms with E-state index in [1.54, 1.807) is 6.33 Å². The molecule has 0 fully saturated rings. The van der Waals surface area contributed by atoms with Gasteiger partial charge in [0, 0.05) is 37.6 Å². The predicted molar refractivity (Wildman–Crippen MR) is 110 cm³/mol. The maximum atomic E-state index is 4.17. The second-order valence-corrected chi connectivity index (χ2v) is 7.08. The predicted octanol–water partition coefficient (Wildman–Crippen LogP) is 4.87. The summed E-state index contributed by atoms with van der Waals surface area (Å²) in [5, 5.41) is 0. The first-order valence-corrected chi connectivity index (χ1v) is 9.31. The van der Waals surface area contributed by atoms with Gasteiger partial charge in [-0.25, -0.2) is 9.97 Å². The number of allylic oxidation sites excluding steroid dienone is 1. The average molecular weight is 368 g/mol. The molecule has 26 heavy (non-hydrogen) atoms. The Labute approximate surface area is 162 Å². The summed E-state index contributed by atoms with van der Waals surface area (Å²) in [6.45, 7) is 3.39. The van der Waals surface area contributed by atoms with Gasteiger partial charge in [-0.1, -0.05) is 42.5 Å². The van der Waals surface area contributed by atoms with Crippen LogP contribution in [0.4, 0.5) is 0 Å². The second kappa shape index (κ2) is 9.11. The van der Waals surface area contributed by atoms with E-state index >= 15 is 0 Å². The molecule has 3 nitrogen and oxygen atoms in total. The van der Waals surface area contributed by atoms with Crippen LogP contribution in [0, 0.1) is 5.92 Å². The molecule has 0 radical (unpaired) electrons. The number of rotatable bonds is 4. The molecular weight excluding hydrogens is 342 g/mol. The van der Waals surface area contributed by atoms with Gasteiger partial charge in [-0.15, -0.1) is 12.4 Å². The fraction of sp³-hybridized carbons (Fsp3) is 0.364. The number of nitrogens with zero attached hydrogens (tertiary/aromatic N) is 3. The van der Waals surface area contributed by atoms with Crippen molar-refractivity contribution in [3.05, 3.63) is 72.3 Å². The maximum Gasteiger partial charge on any atom is 0.115 e. The van der Waals surface area contributed by atoms with Gasteiger partial charge in [0.15, 0.2) is 0 Å². The van der Waals surface area contributed by atoms with E-state index in [4.69, 9.17) is 0 Å². The lowest BCUT2D eigenvalue weighted by Crippen LogP contribution is -2.33. The third-order valence-electron chi connectivity index (χ3n) is 5.32. The lowest BCUT2D eigenvalue weighted by molar-refractivity contribution is 0.262. The Balaban J connectivity index is 0.00000196. The Morgan fingerprint density at radius 1 is 0.962 bits per heavy atom. The highest BCUT2D eigenvalue weighted by Gasteiger charge is 2.20. The summed E-state index contributed by atoms with van der Waals surface area (Å²) in [7, 11) is 0. The molecule has 2 aliphatic rings. The fourth-order valence-electron chi connectivity index (χ4n) is 3.98. The van der Waals surface area contributed by atoms with Gasteiger partial charge >= 0.3 is 0 Å². The van der Waals surface area contributed by atoms with Crippen molar-refractivity contribution in [2.75, 3.05) is 19.6 Å². The van der Waals surface area contributed by atoms with Crippen LogP contribution in [-0.4, -0.2) is 34.5 Å². The zero-order valence-electron chi connectivity index (χ0n) is 15.1.